The van der Waals surface area contributed by atoms with Gasteiger partial charge in [-0.15, -0.1) is 11.6 Å². The molecule has 0 aliphatic carbocycles. The molecule has 96 valence electrons. The minimum atomic E-state index is -3.55. The van der Waals surface area contributed by atoms with Crippen LogP contribution in [0.15, 0.2) is 17.0 Å². The van der Waals surface area contributed by atoms with Crippen molar-refractivity contribution in [2.75, 3.05) is 13.6 Å². The zero-order valence-corrected chi connectivity index (χ0v) is 11.6. The monoisotopic (exact) mass is 279 g/mol. The van der Waals surface area contributed by atoms with E-state index in [4.69, 9.17) is 11.6 Å². The number of hydrogen-bond acceptors (Lipinski definition) is 2. The molecule has 6 heteroatoms. The third kappa shape index (κ3) is 2.78. The lowest BCUT2D eigenvalue weighted by Gasteiger charge is -2.16. The Bertz CT molecular complexity index is 516. The molecule has 0 unspecified atom stereocenters. The Kier molecular flexibility index (Phi) is 4.52. The summed E-state index contributed by atoms with van der Waals surface area (Å²) in [7, 11) is -2.07. The lowest BCUT2D eigenvalue weighted by Crippen LogP contribution is -2.26. The van der Waals surface area contributed by atoms with E-state index in [0.717, 1.165) is 0 Å². The molecule has 0 N–H and O–H groups in total. The van der Waals surface area contributed by atoms with Crippen LogP contribution in [0.5, 0.6) is 0 Å². The molecule has 17 heavy (non-hydrogen) atoms. The van der Waals surface area contributed by atoms with Gasteiger partial charge < -0.3 is 0 Å². The van der Waals surface area contributed by atoms with Crippen molar-refractivity contribution in [3.8, 4) is 0 Å². The first-order chi connectivity index (χ1) is 7.84. The molecule has 0 heterocycles. The molecule has 0 fully saturated rings. The quantitative estimate of drug-likeness (QED) is 0.794. The van der Waals surface area contributed by atoms with Crippen LogP contribution in [0.2, 0.25) is 0 Å². The first-order valence-electron chi connectivity index (χ1n) is 5.16. The summed E-state index contributed by atoms with van der Waals surface area (Å²) in [6.45, 7) is 3.61. The van der Waals surface area contributed by atoms with E-state index in [9.17, 15) is 12.8 Å². The molecule has 0 bridgehead atoms. The van der Waals surface area contributed by atoms with Crippen molar-refractivity contribution < 1.29 is 12.8 Å². The second-order valence-electron chi connectivity index (χ2n) is 3.77. The first-order valence-corrected chi connectivity index (χ1v) is 7.13. The fraction of sp³-hybridized carbons (Fsp3) is 0.455. The summed E-state index contributed by atoms with van der Waals surface area (Å²) in [5.74, 6) is -0.496. The van der Waals surface area contributed by atoms with Crippen LogP contribution in [0.1, 0.15) is 18.1 Å². The van der Waals surface area contributed by atoms with E-state index in [2.05, 4.69) is 0 Å². The van der Waals surface area contributed by atoms with E-state index in [1.807, 2.05) is 0 Å². The fourth-order valence-electron chi connectivity index (χ4n) is 1.40. The summed E-state index contributed by atoms with van der Waals surface area (Å²) in [6.07, 6.45) is 0. The zero-order chi connectivity index (χ0) is 13.2. The molecular weight excluding hydrogens is 265 g/mol. The van der Waals surface area contributed by atoms with Gasteiger partial charge in [0.1, 0.15) is 5.82 Å². The molecule has 0 spiro atoms. The molecule has 0 saturated carbocycles. The van der Waals surface area contributed by atoms with Crippen LogP contribution in [-0.2, 0) is 15.9 Å². The van der Waals surface area contributed by atoms with Crippen molar-refractivity contribution in [1.82, 2.24) is 4.31 Å². The van der Waals surface area contributed by atoms with Crippen molar-refractivity contribution in [1.29, 1.82) is 0 Å². The standard InChI is InChI=1S/C11H15ClFNO2S/c1-4-14(3)17(15,16)10-5-8(2)11(13)9(6-10)7-12/h5-6H,4,7H2,1-3H3. The summed E-state index contributed by atoms with van der Waals surface area (Å²) >= 11 is 5.59. The van der Waals surface area contributed by atoms with Gasteiger partial charge >= 0.3 is 0 Å². The number of sulfonamides is 1. The molecule has 0 aliphatic heterocycles. The van der Waals surface area contributed by atoms with Crippen LogP contribution in [0, 0.1) is 12.7 Å². The Labute approximate surface area is 106 Å². The maximum Gasteiger partial charge on any atom is 0.242 e. The number of benzene rings is 1. The molecule has 0 amide bonds. The van der Waals surface area contributed by atoms with Crippen LogP contribution in [0.4, 0.5) is 4.39 Å². The molecule has 0 saturated heterocycles. The maximum atomic E-state index is 13.6. The minimum Gasteiger partial charge on any atom is -0.207 e. The Hall–Kier alpha value is -0.650. The van der Waals surface area contributed by atoms with Gasteiger partial charge in [0.25, 0.3) is 0 Å². The van der Waals surface area contributed by atoms with Crippen LogP contribution in [0.25, 0.3) is 0 Å². The van der Waals surface area contributed by atoms with E-state index in [1.54, 1.807) is 6.92 Å². The highest BCUT2D eigenvalue weighted by atomic mass is 35.5. The Morgan fingerprint density at radius 1 is 1.41 bits per heavy atom. The molecule has 0 radical (unpaired) electrons. The summed E-state index contributed by atoms with van der Waals surface area (Å²) in [6, 6.07) is 2.61. The fourth-order valence-corrected chi connectivity index (χ4v) is 2.91. The third-order valence-electron chi connectivity index (χ3n) is 2.60. The molecule has 0 aromatic heterocycles. The van der Waals surface area contributed by atoms with E-state index >= 15 is 0 Å². The summed E-state index contributed by atoms with van der Waals surface area (Å²) in [4.78, 5) is 0.0800. The van der Waals surface area contributed by atoms with Gasteiger partial charge in [-0.05, 0) is 24.6 Å². The molecule has 0 atom stereocenters. The van der Waals surface area contributed by atoms with Gasteiger partial charge in [0.15, 0.2) is 0 Å². The van der Waals surface area contributed by atoms with Crippen molar-refractivity contribution in [3.05, 3.63) is 29.1 Å². The molecule has 1 aromatic carbocycles. The second kappa shape index (κ2) is 5.33. The lowest BCUT2D eigenvalue weighted by molar-refractivity contribution is 0.486. The number of rotatable bonds is 4. The molecular formula is C11H15ClFNO2S. The molecule has 1 aromatic rings. The molecule has 1 rings (SSSR count). The largest absolute Gasteiger partial charge is 0.242 e. The minimum absolute atomic E-state index is 0.0497. The van der Waals surface area contributed by atoms with Crippen LogP contribution < -0.4 is 0 Å². The van der Waals surface area contributed by atoms with Crippen LogP contribution in [0.3, 0.4) is 0 Å². The van der Waals surface area contributed by atoms with Gasteiger partial charge in [-0.3, -0.25) is 0 Å². The van der Waals surface area contributed by atoms with Crippen molar-refractivity contribution in [2.24, 2.45) is 0 Å². The smallest absolute Gasteiger partial charge is 0.207 e. The lowest BCUT2D eigenvalue weighted by atomic mass is 10.1. The number of halogens is 2. The Morgan fingerprint density at radius 2 is 2.00 bits per heavy atom. The average molecular weight is 280 g/mol. The predicted octanol–water partition coefficient (Wildman–Crippen LogP) is 2.51. The van der Waals surface area contributed by atoms with Crippen LogP contribution in [-0.4, -0.2) is 26.3 Å². The van der Waals surface area contributed by atoms with Gasteiger partial charge in [0, 0.05) is 19.2 Å². The SMILES string of the molecule is CCN(C)S(=O)(=O)c1cc(C)c(F)c(CCl)c1. The number of aryl methyl sites for hydroxylation is 1. The van der Waals surface area contributed by atoms with Gasteiger partial charge in [0.05, 0.1) is 10.8 Å². The third-order valence-corrected chi connectivity index (χ3v) is 4.80. The van der Waals surface area contributed by atoms with E-state index < -0.39 is 15.8 Å². The second-order valence-corrected chi connectivity index (χ2v) is 6.08. The molecule has 3 nitrogen and oxygen atoms in total. The van der Waals surface area contributed by atoms with Gasteiger partial charge in [-0.2, -0.15) is 0 Å². The normalized spacial score (nSPS) is 12.1. The van der Waals surface area contributed by atoms with Crippen LogP contribution >= 0.6 is 11.6 Å². The highest BCUT2D eigenvalue weighted by Gasteiger charge is 2.21. The van der Waals surface area contributed by atoms with Gasteiger partial charge in [-0.1, -0.05) is 6.92 Å². The number of alkyl halides is 1. The van der Waals surface area contributed by atoms with E-state index in [1.165, 1.54) is 30.4 Å². The Morgan fingerprint density at radius 3 is 2.47 bits per heavy atom. The zero-order valence-electron chi connectivity index (χ0n) is 10.00. The van der Waals surface area contributed by atoms with E-state index in [0.29, 0.717) is 6.54 Å². The maximum absolute atomic E-state index is 13.6. The predicted molar refractivity (Wildman–Crippen MR) is 66.2 cm³/mol. The van der Waals surface area contributed by atoms with Crippen molar-refractivity contribution >= 4 is 21.6 Å². The average Bonchev–Trinajstić information content (AvgIpc) is 2.30. The molecule has 0 aliphatic rings. The number of nitrogens with zero attached hydrogens (tertiary/aromatic N) is 1. The van der Waals surface area contributed by atoms with Crippen molar-refractivity contribution in [2.45, 2.75) is 24.6 Å². The highest BCUT2D eigenvalue weighted by molar-refractivity contribution is 7.89. The van der Waals surface area contributed by atoms with Gasteiger partial charge in [-0.25, -0.2) is 17.1 Å². The summed E-state index contributed by atoms with van der Waals surface area (Å²) < 4.78 is 38.9. The summed E-state index contributed by atoms with van der Waals surface area (Å²) in [5.41, 5.74) is 0.487. The summed E-state index contributed by atoms with van der Waals surface area (Å²) in [5, 5.41) is 0. The number of hydrogen-bond donors (Lipinski definition) is 0. The van der Waals surface area contributed by atoms with Gasteiger partial charge in [0.2, 0.25) is 10.0 Å². The Balaban J connectivity index is 3.39. The van der Waals surface area contributed by atoms with E-state index in [-0.39, 0.29) is 21.9 Å². The van der Waals surface area contributed by atoms with Crippen molar-refractivity contribution in [3.63, 3.8) is 0 Å². The highest BCUT2D eigenvalue weighted by Crippen LogP contribution is 2.22. The topological polar surface area (TPSA) is 37.4 Å². The first kappa shape index (κ1) is 14.4.